The molecule has 0 saturated heterocycles. The van der Waals surface area contributed by atoms with Crippen molar-refractivity contribution in [3.05, 3.63) is 29.8 Å². The van der Waals surface area contributed by atoms with Gasteiger partial charge in [-0.05, 0) is 38.1 Å². The van der Waals surface area contributed by atoms with Crippen molar-refractivity contribution in [2.45, 2.75) is 37.0 Å². The number of sulfonamides is 1. The zero-order chi connectivity index (χ0) is 16.0. The Morgan fingerprint density at radius 1 is 1.19 bits per heavy atom. The molecule has 0 aromatic heterocycles. The number of hydrogen-bond donors (Lipinski definition) is 2. The maximum absolute atomic E-state index is 12.1. The highest BCUT2D eigenvalue weighted by Crippen LogP contribution is 2.16. The van der Waals surface area contributed by atoms with Gasteiger partial charge in [0.05, 0.1) is 4.90 Å². The lowest BCUT2D eigenvalue weighted by atomic mass is 10.1. The predicted molar refractivity (Wildman–Crippen MR) is 87.3 cm³/mol. The molecule has 1 rings (SSSR count). The first-order valence-electron chi connectivity index (χ1n) is 6.93. The van der Waals surface area contributed by atoms with Crippen molar-refractivity contribution in [1.82, 2.24) is 10.0 Å². The molecule has 0 saturated carbocycles. The van der Waals surface area contributed by atoms with Crippen molar-refractivity contribution in [2.24, 2.45) is 0 Å². The van der Waals surface area contributed by atoms with Gasteiger partial charge in [0.15, 0.2) is 0 Å². The highest BCUT2D eigenvalue weighted by Gasteiger charge is 2.16. The molecule has 0 bridgehead atoms. The van der Waals surface area contributed by atoms with Crippen LogP contribution in [-0.4, -0.2) is 37.2 Å². The van der Waals surface area contributed by atoms with Crippen LogP contribution in [0.3, 0.4) is 0 Å². The molecule has 1 aromatic rings. The first-order chi connectivity index (χ1) is 9.77. The Labute approximate surface area is 130 Å². The van der Waals surface area contributed by atoms with E-state index in [-0.39, 0.29) is 22.7 Å². The molecule has 5 nitrogen and oxygen atoms in total. The van der Waals surface area contributed by atoms with Crippen LogP contribution >= 0.6 is 0 Å². The molecule has 0 heterocycles. The Morgan fingerprint density at radius 3 is 2.24 bits per heavy atom. The van der Waals surface area contributed by atoms with Crippen molar-refractivity contribution in [1.29, 1.82) is 0 Å². The van der Waals surface area contributed by atoms with E-state index in [1.165, 1.54) is 0 Å². The van der Waals surface area contributed by atoms with Gasteiger partial charge in [-0.3, -0.25) is 4.21 Å². The lowest BCUT2D eigenvalue weighted by Crippen LogP contribution is -2.32. The highest BCUT2D eigenvalue weighted by atomic mass is 32.2. The van der Waals surface area contributed by atoms with E-state index < -0.39 is 20.8 Å². The summed E-state index contributed by atoms with van der Waals surface area (Å²) in [6, 6.07) is 6.99. The quantitative estimate of drug-likeness (QED) is 0.754. The summed E-state index contributed by atoms with van der Waals surface area (Å²) in [5.74, 6) is 0. The Balaban J connectivity index is 2.78. The zero-order valence-electron chi connectivity index (χ0n) is 12.9. The second-order valence-corrected chi connectivity index (χ2v) is 8.58. The fourth-order valence-corrected chi connectivity index (χ4v) is 3.34. The van der Waals surface area contributed by atoms with Gasteiger partial charge in [0.1, 0.15) is 0 Å². The Bertz CT molecular complexity index is 570. The smallest absolute Gasteiger partial charge is 0.240 e. The maximum atomic E-state index is 12.1. The summed E-state index contributed by atoms with van der Waals surface area (Å²) in [6.07, 6.45) is 1.57. The topological polar surface area (TPSA) is 75.3 Å². The van der Waals surface area contributed by atoms with Crippen molar-refractivity contribution in [3.8, 4) is 0 Å². The molecular formula is C14H24N2O3S2. The molecule has 3 atom stereocenters. The van der Waals surface area contributed by atoms with E-state index in [2.05, 4.69) is 10.0 Å². The number of hydrogen-bond acceptors (Lipinski definition) is 4. The normalized spacial score (nSPS) is 16.4. The minimum atomic E-state index is -3.55. The van der Waals surface area contributed by atoms with E-state index in [1.807, 2.05) is 26.0 Å². The minimum absolute atomic E-state index is 0.168. The molecule has 0 fully saturated rings. The summed E-state index contributed by atoms with van der Waals surface area (Å²) in [4.78, 5) is 0.226. The van der Waals surface area contributed by atoms with Gasteiger partial charge in [-0.15, -0.1) is 0 Å². The van der Waals surface area contributed by atoms with E-state index in [9.17, 15) is 12.6 Å². The Kier molecular flexibility index (Phi) is 6.99. The van der Waals surface area contributed by atoms with Crippen LogP contribution in [0.4, 0.5) is 0 Å². The van der Waals surface area contributed by atoms with Crippen molar-refractivity contribution >= 4 is 20.8 Å². The molecule has 21 heavy (non-hydrogen) atoms. The number of nitrogens with one attached hydrogen (secondary N) is 2. The van der Waals surface area contributed by atoms with Crippen LogP contribution in [0, 0.1) is 0 Å². The molecule has 1 aromatic carbocycles. The summed E-state index contributed by atoms with van der Waals surface area (Å²) >= 11 is 0. The third-order valence-corrected chi connectivity index (χ3v) is 6.07. The van der Waals surface area contributed by atoms with Gasteiger partial charge >= 0.3 is 0 Å². The van der Waals surface area contributed by atoms with Gasteiger partial charge in [0, 0.05) is 34.9 Å². The average Bonchev–Trinajstić information content (AvgIpc) is 2.45. The van der Waals surface area contributed by atoms with Crippen LogP contribution in [0.5, 0.6) is 0 Å². The molecule has 120 valence electrons. The second kappa shape index (κ2) is 8.03. The molecule has 0 aliphatic rings. The van der Waals surface area contributed by atoms with Crippen LogP contribution < -0.4 is 10.0 Å². The standard InChI is InChI=1S/C14H24N2O3S2/c1-5-15-12(3)13-6-8-14(9-7-13)21(18,19)16-10-11(2)20(4)17/h6-9,11-12,15-16H,5,10H2,1-4H3. The molecule has 3 unspecified atom stereocenters. The molecule has 7 heteroatoms. The second-order valence-electron chi connectivity index (χ2n) is 5.01. The number of benzene rings is 1. The zero-order valence-corrected chi connectivity index (χ0v) is 14.6. The Hall–Kier alpha value is -0.760. The van der Waals surface area contributed by atoms with Crippen LogP contribution in [-0.2, 0) is 20.8 Å². The van der Waals surface area contributed by atoms with Crippen molar-refractivity contribution < 1.29 is 12.6 Å². The van der Waals surface area contributed by atoms with E-state index in [1.54, 1.807) is 25.3 Å². The summed E-state index contributed by atoms with van der Waals surface area (Å²) in [5, 5.41) is 3.06. The molecule has 0 aliphatic heterocycles. The van der Waals surface area contributed by atoms with Gasteiger partial charge in [-0.2, -0.15) is 0 Å². The minimum Gasteiger partial charge on any atom is -0.310 e. The number of rotatable bonds is 8. The van der Waals surface area contributed by atoms with Gasteiger partial charge < -0.3 is 5.32 Å². The Morgan fingerprint density at radius 2 is 1.76 bits per heavy atom. The summed E-state index contributed by atoms with van der Waals surface area (Å²) < 4.78 is 38.0. The average molecular weight is 332 g/mol. The van der Waals surface area contributed by atoms with E-state index in [0.29, 0.717) is 0 Å². The van der Waals surface area contributed by atoms with Crippen LogP contribution in [0.1, 0.15) is 32.4 Å². The van der Waals surface area contributed by atoms with Crippen molar-refractivity contribution in [2.75, 3.05) is 19.3 Å². The molecule has 2 N–H and O–H groups in total. The van der Waals surface area contributed by atoms with E-state index in [0.717, 1.165) is 12.1 Å². The largest absolute Gasteiger partial charge is 0.310 e. The fraction of sp³-hybridized carbons (Fsp3) is 0.571. The molecule has 0 radical (unpaired) electrons. The lowest BCUT2D eigenvalue weighted by molar-refractivity contribution is 0.579. The van der Waals surface area contributed by atoms with E-state index >= 15 is 0 Å². The summed E-state index contributed by atoms with van der Waals surface area (Å²) in [6.45, 7) is 6.83. The van der Waals surface area contributed by atoms with Gasteiger partial charge in [-0.1, -0.05) is 19.1 Å². The monoisotopic (exact) mass is 332 g/mol. The molecule has 0 aliphatic carbocycles. The lowest BCUT2D eigenvalue weighted by Gasteiger charge is -2.14. The predicted octanol–water partition coefficient (Wildman–Crippen LogP) is 1.40. The van der Waals surface area contributed by atoms with Gasteiger partial charge in [0.25, 0.3) is 0 Å². The fourth-order valence-electron chi connectivity index (χ4n) is 1.79. The van der Waals surface area contributed by atoms with Crippen molar-refractivity contribution in [3.63, 3.8) is 0 Å². The van der Waals surface area contributed by atoms with Gasteiger partial charge in [0.2, 0.25) is 10.0 Å². The summed E-state index contributed by atoms with van der Waals surface area (Å²) in [7, 11) is -4.60. The van der Waals surface area contributed by atoms with Crippen LogP contribution in [0.2, 0.25) is 0 Å². The molecule has 0 amide bonds. The maximum Gasteiger partial charge on any atom is 0.240 e. The third kappa shape index (κ3) is 5.50. The molecular weight excluding hydrogens is 308 g/mol. The first-order valence-corrected chi connectivity index (χ1v) is 10.0. The molecule has 0 spiro atoms. The SMILES string of the molecule is CCNC(C)c1ccc(S(=O)(=O)NCC(C)S(C)=O)cc1. The highest BCUT2D eigenvalue weighted by molar-refractivity contribution is 7.89. The van der Waals surface area contributed by atoms with Crippen LogP contribution in [0.15, 0.2) is 29.2 Å². The van der Waals surface area contributed by atoms with Gasteiger partial charge in [-0.25, -0.2) is 13.1 Å². The van der Waals surface area contributed by atoms with E-state index in [4.69, 9.17) is 0 Å². The first kappa shape index (κ1) is 18.3. The van der Waals surface area contributed by atoms with Crippen LogP contribution in [0.25, 0.3) is 0 Å². The third-order valence-electron chi connectivity index (χ3n) is 3.33. The summed E-state index contributed by atoms with van der Waals surface area (Å²) in [5.41, 5.74) is 1.04.